The minimum absolute atomic E-state index is 0.0322. The van der Waals surface area contributed by atoms with Crippen LogP contribution in [0.1, 0.15) is 46.5 Å². The van der Waals surface area contributed by atoms with E-state index in [4.69, 9.17) is 4.74 Å². The van der Waals surface area contributed by atoms with Crippen molar-refractivity contribution in [3.63, 3.8) is 0 Å². The smallest absolute Gasteiger partial charge is 0.330 e. The highest BCUT2D eigenvalue weighted by molar-refractivity contribution is 5.81. The van der Waals surface area contributed by atoms with Crippen LogP contribution in [0.15, 0.2) is 12.2 Å². The number of aldehydes is 1. The molecular formula is C15H24O5. The number of esters is 1. The summed E-state index contributed by atoms with van der Waals surface area (Å²) < 4.78 is 4.74. The Kier molecular flexibility index (Phi) is 5.10. The summed E-state index contributed by atoms with van der Waals surface area (Å²) in [6.45, 7) is 5.51. The van der Waals surface area contributed by atoms with Crippen molar-refractivity contribution in [2.45, 2.75) is 57.7 Å². The van der Waals surface area contributed by atoms with Gasteiger partial charge in [-0.15, -0.1) is 0 Å². The molecule has 1 aliphatic rings. The summed E-state index contributed by atoms with van der Waals surface area (Å²) >= 11 is 0. The molecule has 1 rings (SSSR count). The Balaban J connectivity index is 2.89. The summed E-state index contributed by atoms with van der Waals surface area (Å²) in [5, 5.41) is 21.3. The summed E-state index contributed by atoms with van der Waals surface area (Å²) in [5.41, 5.74) is -4.09. The number of hydrogen-bond acceptors (Lipinski definition) is 5. The van der Waals surface area contributed by atoms with Gasteiger partial charge in [-0.3, -0.25) is 4.79 Å². The maximum atomic E-state index is 11.4. The van der Waals surface area contributed by atoms with E-state index in [0.717, 1.165) is 0 Å². The molecule has 1 saturated carbocycles. The first-order valence-corrected chi connectivity index (χ1v) is 6.97. The van der Waals surface area contributed by atoms with E-state index in [9.17, 15) is 19.8 Å². The van der Waals surface area contributed by atoms with Crippen LogP contribution in [0.2, 0.25) is 0 Å². The molecule has 0 aromatic rings. The normalized spacial score (nSPS) is 33.0. The molecule has 0 heterocycles. The second kappa shape index (κ2) is 6.06. The predicted octanol–water partition coefficient (Wildman–Crippen LogP) is 1.37. The lowest BCUT2D eigenvalue weighted by molar-refractivity contribution is -0.215. The average Bonchev–Trinajstić information content (AvgIpc) is 2.36. The molecule has 1 aliphatic carbocycles. The Morgan fingerprint density at radius 2 is 1.95 bits per heavy atom. The quantitative estimate of drug-likeness (QED) is 0.452. The van der Waals surface area contributed by atoms with Crippen LogP contribution < -0.4 is 0 Å². The number of hydrogen-bond donors (Lipinski definition) is 2. The van der Waals surface area contributed by atoms with Gasteiger partial charge in [0.2, 0.25) is 0 Å². The zero-order chi connectivity index (χ0) is 15.4. The Hall–Kier alpha value is -1.20. The number of aliphatic hydroxyl groups is 2. The summed E-state index contributed by atoms with van der Waals surface area (Å²) in [4.78, 5) is 22.6. The number of rotatable bonds is 5. The molecule has 5 heteroatoms. The van der Waals surface area contributed by atoms with Crippen molar-refractivity contribution in [3.8, 4) is 0 Å². The van der Waals surface area contributed by atoms with Gasteiger partial charge in [-0.1, -0.05) is 19.9 Å². The van der Waals surface area contributed by atoms with E-state index < -0.39 is 22.6 Å². The van der Waals surface area contributed by atoms with Crippen molar-refractivity contribution in [1.82, 2.24) is 0 Å². The largest absolute Gasteiger partial charge is 0.463 e. The number of carbonyl (C=O) groups excluding carboxylic acids is 2. The van der Waals surface area contributed by atoms with Crippen molar-refractivity contribution in [1.29, 1.82) is 0 Å². The topological polar surface area (TPSA) is 83.8 Å². The van der Waals surface area contributed by atoms with Gasteiger partial charge < -0.3 is 14.9 Å². The first kappa shape index (κ1) is 16.9. The predicted molar refractivity (Wildman–Crippen MR) is 74.0 cm³/mol. The van der Waals surface area contributed by atoms with Gasteiger partial charge in [-0.25, -0.2) is 4.79 Å². The van der Waals surface area contributed by atoms with Gasteiger partial charge in [0.05, 0.1) is 6.61 Å². The van der Waals surface area contributed by atoms with Crippen molar-refractivity contribution in [2.75, 3.05) is 6.61 Å². The Morgan fingerprint density at radius 3 is 2.50 bits per heavy atom. The van der Waals surface area contributed by atoms with Gasteiger partial charge in [0, 0.05) is 11.5 Å². The monoisotopic (exact) mass is 284 g/mol. The van der Waals surface area contributed by atoms with Crippen molar-refractivity contribution >= 4 is 12.3 Å². The molecule has 2 N–H and O–H groups in total. The molecule has 0 amide bonds. The van der Waals surface area contributed by atoms with Crippen LogP contribution in [0.5, 0.6) is 0 Å². The fourth-order valence-electron chi connectivity index (χ4n) is 2.90. The van der Waals surface area contributed by atoms with Gasteiger partial charge in [-0.05, 0) is 32.6 Å². The fraction of sp³-hybridized carbons (Fsp3) is 0.733. The van der Waals surface area contributed by atoms with Crippen LogP contribution in [-0.4, -0.2) is 40.3 Å². The maximum Gasteiger partial charge on any atom is 0.330 e. The van der Waals surface area contributed by atoms with E-state index in [0.29, 0.717) is 25.5 Å². The molecule has 0 radical (unpaired) electrons. The lowest BCUT2D eigenvalue weighted by atomic mass is 9.57. The van der Waals surface area contributed by atoms with Gasteiger partial charge in [0.25, 0.3) is 0 Å². The third kappa shape index (κ3) is 2.94. The third-order valence-electron chi connectivity index (χ3n) is 4.30. The molecule has 5 nitrogen and oxygen atoms in total. The molecule has 114 valence electrons. The van der Waals surface area contributed by atoms with E-state index in [1.54, 1.807) is 20.8 Å². The van der Waals surface area contributed by atoms with E-state index >= 15 is 0 Å². The van der Waals surface area contributed by atoms with E-state index in [-0.39, 0.29) is 13.0 Å². The highest BCUT2D eigenvalue weighted by Crippen LogP contribution is 2.49. The highest BCUT2D eigenvalue weighted by Gasteiger charge is 2.59. The zero-order valence-corrected chi connectivity index (χ0v) is 12.4. The van der Waals surface area contributed by atoms with Gasteiger partial charge in [0.15, 0.2) is 11.9 Å². The molecule has 0 aromatic carbocycles. The van der Waals surface area contributed by atoms with E-state index in [1.165, 1.54) is 12.2 Å². The van der Waals surface area contributed by atoms with Crippen LogP contribution in [0, 0.1) is 5.41 Å². The molecule has 0 aromatic heterocycles. The van der Waals surface area contributed by atoms with Crippen molar-refractivity contribution in [3.05, 3.63) is 12.2 Å². The van der Waals surface area contributed by atoms with E-state index in [2.05, 4.69) is 0 Å². The van der Waals surface area contributed by atoms with Crippen LogP contribution in [-0.2, 0) is 14.3 Å². The number of ether oxygens (including phenoxy) is 1. The summed E-state index contributed by atoms with van der Waals surface area (Å²) in [5.74, 6) is -0.499. The molecular weight excluding hydrogens is 260 g/mol. The van der Waals surface area contributed by atoms with Crippen molar-refractivity contribution in [2.24, 2.45) is 5.41 Å². The fourth-order valence-corrected chi connectivity index (χ4v) is 2.90. The minimum Gasteiger partial charge on any atom is -0.463 e. The lowest BCUT2D eigenvalue weighted by Crippen LogP contribution is -2.65. The second-order valence-corrected chi connectivity index (χ2v) is 6.01. The molecule has 0 unspecified atom stereocenters. The Bertz CT molecular complexity index is 401. The molecule has 0 spiro atoms. The van der Waals surface area contributed by atoms with Gasteiger partial charge in [-0.2, -0.15) is 0 Å². The SMILES string of the molecule is CCOC(=O)/C=C/C[C@@]1(O)CCCC(C)(C)[C@@]1(O)C=O. The van der Waals surface area contributed by atoms with Crippen LogP contribution in [0.3, 0.4) is 0 Å². The molecule has 20 heavy (non-hydrogen) atoms. The maximum absolute atomic E-state index is 11.4. The standard InChI is InChI=1S/C15H24O5/c1-4-20-12(17)7-5-9-14(18)10-6-8-13(2,3)15(14,19)11-16/h5,7,11,18-19H,4,6,8-10H2,1-3H3/b7-5+/t14-,15+/m1/s1. The van der Waals surface area contributed by atoms with Crippen LogP contribution in [0.25, 0.3) is 0 Å². The first-order chi connectivity index (χ1) is 9.22. The second-order valence-electron chi connectivity index (χ2n) is 6.01. The zero-order valence-electron chi connectivity index (χ0n) is 12.4. The molecule has 0 bridgehead atoms. The molecule has 1 fully saturated rings. The summed E-state index contributed by atoms with van der Waals surface area (Å²) in [6.07, 6.45) is 4.83. The summed E-state index contributed by atoms with van der Waals surface area (Å²) in [6, 6.07) is 0. The highest BCUT2D eigenvalue weighted by atomic mass is 16.5. The number of carbonyl (C=O) groups is 2. The minimum atomic E-state index is -1.82. The Labute approximate surface area is 119 Å². The third-order valence-corrected chi connectivity index (χ3v) is 4.30. The van der Waals surface area contributed by atoms with Crippen molar-refractivity contribution < 1.29 is 24.5 Å². The van der Waals surface area contributed by atoms with Crippen LogP contribution >= 0.6 is 0 Å². The van der Waals surface area contributed by atoms with Crippen LogP contribution in [0.4, 0.5) is 0 Å². The molecule has 2 atom stereocenters. The lowest BCUT2D eigenvalue weighted by Gasteiger charge is -2.52. The first-order valence-electron chi connectivity index (χ1n) is 6.97. The van der Waals surface area contributed by atoms with Gasteiger partial charge >= 0.3 is 5.97 Å². The molecule has 0 saturated heterocycles. The Morgan fingerprint density at radius 1 is 1.30 bits per heavy atom. The molecule has 0 aliphatic heterocycles. The average molecular weight is 284 g/mol. The van der Waals surface area contributed by atoms with E-state index in [1.807, 2.05) is 0 Å². The van der Waals surface area contributed by atoms with Gasteiger partial charge in [0.1, 0.15) is 5.60 Å². The summed E-state index contributed by atoms with van der Waals surface area (Å²) in [7, 11) is 0.